The number of hydrogen-bond acceptors (Lipinski definition) is 5. The second-order valence-electron chi connectivity index (χ2n) is 4.80. The molecular formula is C16H17N3O3. The third kappa shape index (κ3) is 4.66. The first kappa shape index (κ1) is 15.6. The number of ether oxygens (including phenoxy) is 1. The highest BCUT2D eigenvalue weighted by molar-refractivity contribution is 5.94. The van der Waals surface area contributed by atoms with E-state index in [1.165, 1.54) is 13.3 Å². The summed E-state index contributed by atoms with van der Waals surface area (Å²) < 4.78 is 5.36. The SMILES string of the molecule is CC(=O)c1ccc(OCC(=O)NCc2cc(C)ncn2)cc1. The van der Waals surface area contributed by atoms with E-state index in [1.54, 1.807) is 24.3 Å². The predicted molar refractivity (Wildman–Crippen MR) is 80.6 cm³/mol. The molecule has 6 heteroatoms. The van der Waals surface area contributed by atoms with E-state index in [2.05, 4.69) is 15.3 Å². The van der Waals surface area contributed by atoms with Gasteiger partial charge in [-0.25, -0.2) is 9.97 Å². The summed E-state index contributed by atoms with van der Waals surface area (Å²) in [7, 11) is 0. The van der Waals surface area contributed by atoms with Crippen LogP contribution < -0.4 is 10.1 Å². The van der Waals surface area contributed by atoms with Gasteiger partial charge in [-0.3, -0.25) is 9.59 Å². The minimum Gasteiger partial charge on any atom is -0.484 e. The Labute approximate surface area is 128 Å². The fourth-order valence-corrected chi connectivity index (χ4v) is 1.78. The summed E-state index contributed by atoms with van der Waals surface area (Å²) in [6, 6.07) is 8.47. The Morgan fingerprint density at radius 2 is 1.91 bits per heavy atom. The molecule has 0 saturated carbocycles. The number of amides is 1. The minimum atomic E-state index is -0.244. The maximum atomic E-state index is 11.7. The van der Waals surface area contributed by atoms with Gasteiger partial charge in [-0.05, 0) is 44.2 Å². The molecule has 1 aromatic heterocycles. The lowest BCUT2D eigenvalue weighted by molar-refractivity contribution is -0.123. The molecule has 0 aliphatic rings. The van der Waals surface area contributed by atoms with Gasteiger partial charge in [0.15, 0.2) is 12.4 Å². The zero-order valence-electron chi connectivity index (χ0n) is 12.5. The van der Waals surface area contributed by atoms with Crippen LogP contribution in [0.25, 0.3) is 0 Å². The number of Topliss-reactive ketones (excluding diaryl/α,β-unsaturated/α-hetero) is 1. The van der Waals surface area contributed by atoms with Crippen LogP contribution in [-0.2, 0) is 11.3 Å². The Hall–Kier alpha value is -2.76. The maximum Gasteiger partial charge on any atom is 0.258 e. The second-order valence-corrected chi connectivity index (χ2v) is 4.80. The Bertz CT molecular complexity index is 669. The number of rotatable bonds is 6. The van der Waals surface area contributed by atoms with Crippen LogP contribution >= 0.6 is 0 Å². The highest BCUT2D eigenvalue weighted by atomic mass is 16.5. The lowest BCUT2D eigenvalue weighted by Crippen LogP contribution is -2.28. The van der Waals surface area contributed by atoms with Crippen LogP contribution in [-0.4, -0.2) is 28.3 Å². The van der Waals surface area contributed by atoms with E-state index in [0.29, 0.717) is 17.9 Å². The smallest absolute Gasteiger partial charge is 0.258 e. The average Bonchev–Trinajstić information content (AvgIpc) is 2.51. The average molecular weight is 299 g/mol. The lowest BCUT2D eigenvalue weighted by atomic mass is 10.1. The molecule has 0 radical (unpaired) electrons. The second kappa shape index (κ2) is 7.31. The molecule has 0 unspecified atom stereocenters. The molecule has 114 valence electrons. The summed E-state index contributed by atoms with van der Waals surface area (Å²) in [5, 5.41) is 2.72. The van der Waals surface area contributed by atoms with Crippen molar-refractivity contribution in [2.24, 2.45) is 0 Å². The van der Waals surface area contributed by atoms with Crippen molar-refractivity contribution in [3.63, 3.8) is 0 Å². The van der Waals surface area contributed by atoms with Crippen LogP contribution in [0.1, 0.15) is 28.7 Å². The molecule has 22 heavy (non-hydrogen) atoms. The van der Waals surface area contributed by atoms with Gasteiger partial charge >= 0.3 is 0 Å². The zero-order chi connectivity index (χ0) is 15.9. The van der Waals surface area contributed by atoms with E-state index in [4.69, 9.17) is 4.74 Å². The number of aromatic nitrogens is 2. The van der Waals surface area contributed by atoms with Crippen molar-refractivity contribution in [3.8, 4) is 5.75 Å². The van der Waals surface area contributed by atoms with Gasteiger partial charge in [-0.15, -0.1) is 0 Å². The summed E-state index contributed by atoms with van der Waals surface area (Å²) in [5.41, 5.74) is 2.20. The van der Waals surface area contributed by atoms with Crippen LogP contribution in [0.2, 0.25) is 0 Å². The van der Waals surface area contributed by atoms with E-state index in [0.717, 1.165) is 11.4 Å². The third-order valence-corrected chi connectivity index (χ3v) is 2.96. The molecule has 0 fully saturated rings. The molecule has 0 bridgehead atoms. The van der Waals surface area contributed by atoms with Crippen molar-refractivity contribution < 1.29 is 14.3 Å². The van der Waals surface area contributed by atoms with Gasteiger partial charge in [0, 0.05) is 11.3 Å². The molecule has 1 amide bonds. The maximum absolute atomic E-state index is 11.7. The first-order chi connectivity index (χ1) is 10.5. The molecule has 0 aliphatic carbocycles. The van der Waals surface area contributed by atoms with Gasteiger partial charge in [0.25, 0.3) is 5.91 Å². The summed E-state index contributed by atoms with van der Waals surface area (Å²) in [6.45, 7) is 3.59. The monoisotopic (exact) mass is 299 g/mol. The fourth-order valence-electron chi connectivity index (χ4n) is 1.78. The van der Waals surface area contributed by atoms with Crippen LogP contribution in [0.15, 0.2) is 36.7 Å². The van der Waals surface area contributed by atoms with Crippen LogP contribution in [0.3, 0.4) is 0 Å². The fraction of sp³-hybridized carbons (Fsp3) is 0.250. The Balaban J connectivity index is 1.79. The number of hydrogen-bond donors (Lipinski definition) is 1. The summed E-state index contributed by atoms with van der Waals surface area (Å²) >= 11 is 0. The van der Waals surface area contributed by atoms with E-state index in [9.17, 15) is 9.59 Å². The molecule has 2 rings (SSSR count). The van der Waals surface area contributed by atoms with Crippen LogP contribution in [0.4, 0.5) is 0 Å². The number of nitrogens with zero attached hydrogens (tertiary/aromatic N) is 2. The standard InChI is InChI=1S/C16H17N3O3/c1-11-7-14(19-10-18-11)8-17-16(21)9-22-15-5-3-13(4-6-15)12(2)20/h3-7,10H,8-9H2,1-2H3,(H,17,21). The molecule has 2 aromatic rings. The van der Waals surface area contributed by atoms with E-state index >= 15 is 0 Å². The molecule has 0 aliphatic heterocycles. The minimum absolute atomic E-state index is 0.00978. The number of ketones is 1. The molecule has 0 atom stereocenters. The normalized spacial score (nSPS) is 10.1. The zero-order valence-corrected chi connectivity index (χ0v) is 12.5. The molecule has 1 N–H and O–H groups in total. The van der Waals surface area contributed by atoms with Gasteiger partial charge in [-0.1, -0.05) is 0 Å². The first-order valence-corrected chi connectivity index (χ1v) is 6.82. The number of carbonyl (C=O) groups excluding carboxylic acids is 2. The molecule has 0 saturated heterocycles. The topological polar surface area (TPSA) is 81.2 Å². The third-order valence-electron chi connectivity index (χ3n) is 2.96. The van der Waals surface area contributed by atoms with Crippen molar-refractivity contribution >= 4 is 11.7 Å². The Morgan fingerprint density at radius 1 is 1.18 bits per heavy atom. The summed E-state index contributed by atoms with van der Waals surface area (Å²) in [4.78, 5) is 30.9. The first-order valence-electron chi connectivity index (χ1n) is 6.82. The van der Waals surface area contributed by atoms with Crippen molar-refractivity contribution in [2.45, 2.75) is 20.4 Å². The van der Waals surface area contributed by atoms with Crippen molar-refractivity contribution in [1.82, 2.24) is 15.3 Å². The lowest BCUT2D eigenvalue weighted by Gasteiger charge is -2.07. The van der Waals surface area contributed by atoms with Gasteiger partial charge in [0.1, 0.15) is 12.1 Å². The van der Waals surface area contributed by atoms with Crippen molar-refractivity contribution in [3.05, 3.63) is 53.6 Å². The number of nitrogens with one attached hydrogen (secondary N) is 1. The molecule has 6 nitrogen and oxygen atoms in total. The van der Waals surface area contributed by atoms with Crippen LogP contribution in [0, 0.1) is 6.92 Å². The van der Waals surface area contributed by atoms with Gasteiger partial charge < -0.3 is 10.1 Å². The molecular weight excluding hydrogens is 282 g/mol. The van der Waals surface area contributed by atoms with Crippen molar-refractivity contribution in [2.75, 3.05) is 6.61 Å². The van der Waals surface area contributed by atoms with E-state index < -0.39 is 0 Å². The highest BCUT2D eigenvalue weighted by Crippen LogP contribution is 2.12. The van der Waals surface area contributed by atoms with E-state index in [-0.39, 0.29) is 18.3 Å². The Morgan fingerprint density at radius 3 is 2.55 bits per heavy atom. The number of carbonyl (C=O) groups is 2. The summed E-state index contributed by atoms with van der Waals surface area (Å²) in [5.74, 6) is 0.286. The van der Waals surface area contributed by atoms with Crippen LogP contribution in [0.5, 0.6) is 5.75 Å². The Kier molecular flexibility index (Phi) is 5.19. The number of aryl methyl sites for hydroxylation is 1. The highest BCUT2D eigenvalue weighted by Gasteiger charge is 2.05. The van der Waals surface area contributed by atoms with Gasteiger partial charge in [0.2, 0.25) is 0 Å². The van der Waals surface area contributed by atoms with Gasteiger partial charge in [0.05, 0.1) is 12.2 Å². The molecule has 0 spiro atoms. The molecule has 1 aromatic carbocycles. The largest absolute Gasteiger partial charge is 0.484 e. The molecule has 1 heterocycles. The number of benzene rings is 1. The van der Waals surface area contributed by atoms with Gasteiger partial charge in [-0.2, -0.15) is 0 Å². The quantitative estimate of drug-likeness (QED) is 0.821. The predicted octanol–water partition coefficient (Wildman–Crippen LogP) is 1.68. The van der Waals surface area contributed by atoms with Crippen molar-refractivity contribution in [1.29, 1.82) is 0 Å². The van der Waals surface area contributed by atoms with E-state index in [1.807, 2.05) is 13.0 Å². The summed E-state index contributed by atoms with van der Waals surface area (Å²) in [6.07, 6.45) is 1.46.